The maximum absolute atomic E-state index is 4.63. The van der Waals surface area contributed by atoms with E-state index in [4.69, 9.17) is 0 Å². The number of aryl methyl sites for hydroxylation is 1. The fraction of sp³-hybridized carbons (Fsp3) is 0.889. The zero-order valence-electron chi connectivity index (χ0n) is 13.1. The minimum Gasteiger partial charge on any atom is -0.315 e. The molecule has 1 aromatic rings. The highest BCUT2D eigenvalue weighted by Crippen LogP contribution is 2.60. The molecule has 0 radical (unpaired) electrons. The van der Waals surface area contributed by atoms with E-state index >= 15 is 0 Å². The van der Waals surface area contributed by atoms with Gasteiger partial charge in [0.25, 0.3) is 0 Å². The number of nitrogens with zero attached hydrogens (tertiary/aromatic N) is 3. The Hall–Kier alpha value is -0.860. The Morgan fingerprint density at radius 3 is 2.33 bits per heavy atom. The van der Waals surface area contributed by atoms with E-state index in [-0.39, 0.29) is 0 Å². The van der Waals surface area contributed by atoms with Crippen LogP contribution in [-0.2, 0) is 19.4 Å². The van der Waals surface area contributed by atoms with Crippen LogP contribution < -0.4 is 0 Å². The molecule has 2 heterocycles. The molecule has 0 spiro atoms. The van der Waals surface area contributed by atoms with Crippen molar-refractivity contribution in [2.75, 3.05) is 0 Å². The molecule has 0 saturated heterocycles. The zero-order valence-corrected chi connectivity index (χ0v) is 13.1. The van der Waals surface area contributed by atoms with Crippen LogP contribution in [0, 0.1) is 23.2 Å². The van der Waals surface area contributed by atoms with Gasteiger partial charge in [-0.2, -0.15) is 0 Å². The van der Waals surface area contributed by atoms with Gasteiger partial charge in [0.2, 0.25) is 0 Å². The molecule has 4 bridgehead atoms. The van der Waals surface area contributed by atoms with Gasteiger partial charge in [-0.15, -0.1) is 10.2 Å². The second kappa shape index (κ2) is 4.57. The summed E-state index contributed by atoms with van der Waals surface area (Å²) in [7, 11) is 0. The summed E-state index contributed by atoms with van der Waals surface area (Å²) in [4.78, 5) is 0. The molecule has 3 nitrogen and oxygen atoms in total. The van der Waals surface area contributed by atoms with E-state index in [1.54, 1.807) is 0 Å². The summed E-state index contributed by atoms with van der Waals surface area (Å²) in [6.07, 6.45) is 15.4. The summed E-state index contributed by atoms with van der Waals surface area (Å²) in [6, 6.07) is 0. The lowest BCUT2D eigenvalue weighted by molar-refractivity contribution is -0.0536. The molecule has 0 unspecified atom stereocenters. The minimum atomic E-state index is 0.602. The first-order valence-corrected chi connectivity index (χ1v) is 9.21. The van der Waals surface area contributed by atoms with Crippen LogP contribution in [0.1, 0.15) is 69.4 Å². The maximum Gasteiger partial charge on any atom is 0.133 e. The Kier molecular flexibility index (Phi) is 2.75. The van der Waals surface area contributed by atoms with Crippen LogP contribution in [0.4, 0.5) is 0 Å². The van der Waals surface area contributed by atoms with Crippen LogP contribution in [0.15, 0.2) is 0 Å². The van der Waals surface area contributed by atoms with Crippen LogP contribution in [0.5, 0.6) is 0 Å². The van der Waals surface area contributed by atoms with Crippen molar-refractivity contribution >= 4 is 0 Å². The number of fused-ring (bicyclic) bond motifs is 1. The normalized spacial score (nSPS) is 41.0. The molecule has 114 valence electrons. The Balaban J connectivity index is 1.44. The number of aromatic nitrogens is 3. The average Bonchev–Trinajstić information content (AvgIpc) is 2.67. The molecule has 4 fully saturated rings. The van der Waals surface area contributed by atoms with Gasteiger partial charge in [0.1, 0.15) is 11.6 Å². The number of hydrogen-bond donors (Lipinski definition) is 0. The van der Waals surface area contributed by atoms with Crippen molar-refractivity contribution in [3.05, 3.63) is 11.6 Å². The highest BCUT2D eigenvalue weighted by Gasteiger charge is 2.51. The van der Waals surface area contributed by atoms with Crippen molar-refractivity contribution in [3.63, 3.8) is 0 Å². The molecule has 0 amide bonds. The fourth-order valence-corrected chi connectivity index (χ4v) is 6.52. The highest BCUT2D eigenvalue weighted by atomic mass is 15.3. The first-order chi connectivity index (χ1) is 10.3. The Morgan fingerprint density at radius 1 is 0.905 bits per heavy atom. The van der Waals surface area contributed by atoms with E-state index < -0.39 is 0 Å². The Bertz CT molecular complexity index is 509. The molecule has 6 rings (SSSR count). The van der Waals surface area contributed by atoms with Gasteiger partial charge >= 0.3 is 0 Å². The van der Waals surface area contributed by atoms with Gasteiger partial charge in [-0.05, 0) is 74.5 Å². The Morgan fingerprint density at radius 2 is 1.62 bits per heavy atom. The Labute approximate surface area is 127 Å². The largest absolute Gasteiger partial charge is 0.315 e. The van der Waals surface area contributed by atoms with E-state index in [0.29, 0.717) is 5.41 Å². The van der Waals surface area contributed by atoms with E-state index in [9.17, 15) is 0 Å². The highest BCUT2D eigenvalue weighted by molar-refractivity contribution is 5.08. The zero-order chi connectivity index (χ0) is 13.9. The smallest absolute Gasteiger partial charge is 0.133 e. The predicted molar refractivity (Wildman–Crippen MR) is 81.9 cm³/mol. The average molecular weight is 285 g/mol. The van der Waals surface area contributed by atoms with E-state index in [0.717, 1.165) is 24.2 Å². The minimum absolute atomic E-state index is 0.602. The van der Waals surface area contributed by atoms with E-state index in [2.05, 4.69) is 14.8 Å². The van der Waals surface area contributed by atoms with Crippen LogP contribution in [-0.4, -0.2) is 14.8 Å². The SMILES string of the molecule is C1CCc2nnc(CC34CC5CC(CC(C5)C3)C4)n2CC1. The van der Waals surface area contributed by atoms with Gasteiger partial charge in [-0.25, -0.2) is 0 Å². The van der Waals surface area contributed by atoms with Gasteiger partial charge in [-0.3, -0.25) is 0 Å². The van der Waals surface area contributed by atoms with Crippen LogP contribution >= 0.6 is 0 Å². The van der Waals surface area contributed by atoms with Gasteiger partial charge in [0.15, 0.2) is 0 Å². The van der Waals surface area contributed by atoms with Crippen molar-refractivity contribution in [2.45, 2.75) is 77.2 Å². The van der Waals surface area contributed by atoms with Crippen molar-refractivity contribution in [1.29, 1.82) is 0 Å². The van der Waals surface area contributed by atoms with E-state index in [1.165, 1.54) is 82.4 Å². The molecular formula is C18H27N3. The molecule has 3 heteroatoms. The fourth-order valence-electron chi connectivity index (χ4n) is 6.52. The predicted octanol–water partition coefficient (Wildman–Crippen LogP) is 3.76. The topological polar surface area (TPSA) is 30.7 Å². The summed E-state index contributed by atoms with van der Waals surface area (Å²) in [5.74, 6) is 5.73. The first kappa shape index (κ1) is 12.7. The van der Waals surface area contributed by atoms with Crippen molar-refractivity contribution in [1.82, 2.24) is 14.8 Å². The second-order valence-electron chi connectivity index (χ2n) is 8.59. The standard InChI is InChI=1S/C18H27N3/c1-2-4-16-19-20-17(21(16)5-3-1)12-18-9-13-6-14(10-18)8-15(7-13)11-18/h13-15H,1-12H2. The van der Waals surface area contributed by atoms with Crippen molar-refractivity contribution < 1.29 is 0 Å². The third-order valence-electron chi connectivity index (χ3n) is 6.88. The lowest BCUT2D eigenvalue weighted by atomic mass is 9.49. The molecule has 1 aromatic heterocycles. The summed E-state index contributed by atoms with van der Waals surface area (Å²) in [6.45, 7) is 1.17. The van der Waals surface area contributed by atoms with Crippen LogP contribution in [0.2, 0.25) is 0 Å². The molecule has 1 aliphatic heterocycles. The van der Waals surface area contributed by atoms with Gasteiger partial charge < -0.3 is 4.57 Å². The second-order valence-corrected chi connectivity index (χ2v) is 8.59. The van der Waals surface area contributed by atoms with E-state index in [1.807, 2.05) is 0 Å². The van der Waals surface area contributed by atoms with Gasteiger partial charge in [0.05, 0.1) is 0 Å². The van der Waals surface area contributed by atoms with Crippen molar-refractivity contribution in [3.8, 4) is 0 Å². The molecule has 5 aliphatic rings. The molecule has 4 saturated carbocycles. The first-order valence-electron chi connectivity index (χ1n) is 9.21. The molecule has 4 aliphatic carbocycles. The lowest BCUT2D eigenvalue weighted by Crippen LogP contribution is -2.47. The van der Waals surface area contributed by atoms with Gasteiger partial charge in [-0.1, -0.05) is 6.42 Å². The van der Waals surface area contributed by atoms with Crippen LogP contribution in [0.25, 0.3) is 0 Å². The maximum atomic E-state index is 4.63. The monoisotopic (exact) mass is 285 g/mol. The molecule has 0 atom stereocenters. The molecule has 0 N–H and O–H groups in total. The quantitative estimate of drug-likeness (QED) is 0.828. The van der Waals surface area contributed by atoms with Crippen LogP contribution in [0.3, 0.4) is 0 Å². The van der Waals surface area contributed by atoms with Crippen molar-refractivity contribution in [2.24, 2.45) is 23.2 Å². The summed E-state index contributed by atoms with van der Waals surface area (Å²) in [5, 5.41) is 9.16. The van der Waals surface area contributed by atoms with Gasteiger partial charge in [0, 0.05) is 19.4 Å². The molecule has 21 heavy (non-hydrogen) atoms. The lowest BCUT2D eigenvalue weighted by Gasteiger charge is -2.56. The number of hydrogen-bond acceptors (Lipinski definition) is 2. The molecule has 0 aromatic carbocycles. The number of rotatable bonds is 2. The third-order valence-corrected chi connectivity index (χ3v) is 6.88. The molecular weight excluding hydrogens is 258 g/mol. The summed E-state index contributed by atoms with van der Waals surface area (Å²) >= 11 is 0. The summed E-state index contributed by atoms with van der Waals surface area (Å²) < 4.78 is 2.49. The third kappa shape index (κ3) is 2.07. The summed E-state index contributed by atoms with van der Waals surface area (Å²) in [5.41, 5.74) is 0.602.